The Morgan fingerprint density at radius 3 is 2.05 bits per heavy atom. The Bertz CT molecular complexity index is 957. The summed E-state index contributed by atoms with van der Waals surface area (Å²) >= 11 is 0. The lowest BCUT2D eigenvalue weighted by Gasteiger charge is -2.09. The minimum absolute atomic E-state index is 0.113. The Kier molecular flexibility index (Phi) is 3.62. The highest BCUT2D eigenvalue weighted by atomic mass is 32.2. The summed E-state index contributed by atoms with van der Waals surface area (Å²) in [5.41, 5.74) is 0.295. The summed E-state index contributed by atoms with van der Waals surface area (Å²) in [4.78, 5) is 9.45. The fourth-order valence-electron chi connectivity index (χ4n) is 1.97. The smallest absolute Gasteiger partial charge is 0.295 e. The van der Waals surface area contributed by atoms with Gasteiger partial charge in [0.15, 0.2) is 5.78 Å². The zero-order chi connectivity index (χ0) is 16.0. The molecule has 0 atom stereocenters. The van der Waals surface area contributed by atoms with Gasteiger partial charge in [-0.2, -0.15) is 16.8 Å². The first-order valence-corrected chi connectivity index (χ1v) is 8.42. The first kappa shape index (κ1) is 15.6. The van der Waals surface area contributed by atoms with Gasteiger partial charge in [-0.15, -0.1) is 0 Å². The molecule has 0 unspecified atom stereocenters. The molecular formula is C12H10O7S2. The second-order valence-electron chi connectivity index (χ2n) is 4.34. The van der Waals surface area contributed by atoms with Gasteiger partial charge in [-0.25, -0.2) is 0 Å². The molecule has 9 heteroatoms. The lowest BCUT2D eigenvalue weighted by Crippen LogP contribution is -2.09. The summed E-state index contributed by atoms with van der Waals surface area (Å²) in [5.74, 6) is -0.260. The van der Waals surface area contributed by atoms with Crippen molar-refractivity contribution in [2.45, 2.75) is 16.7 Å². The molecule has 0 fully saturated rings. The molecule has 7 nitrogen and oxygen atoms in total. The lowest BCUT2D eigenvalue weighted by atomic mass is 10.1. The van der Waals surface area contributed by atoms with Crippen LogP contribution in [0.15, 0.2) is 40.1 Å². The zero-order valence-corrected chi connectivity index (χ0v) is 12.3. The summed E-state index contributed by atoms with van der Waals surface area (Å²) in [6.45, 7) is 1.32. The number of carbonyl (C=O) groups excluding carboxylic acids is 1. The van der Waals surface area contributed by atoms with Gasteiger partial charge in [0.2, 0.25) is 0 Å². The first-order chi connectivity index (χ1) is 9.51. The molecule has 2 aromatic rings. The van der Waals surface area contributed by atoms with E-state index in [0.29, 0.717) is 5.56 Å². The maximum atomic E-state index is 11.4. The van der Waals surface area contributed by atoms with Gasteiger partial charge in [-0.1, -0.05) is 18.2 Å². The van der Waals surface area contributed by atoms with Crippen LogP contribution in [0.5, 0.6) is 0 Å². The Morgan fingerprint density at radius 2 is 1.57 bits per heavy atom. The number of Topliss-reactive ketones (excluding diaryl/α,β-unsaturated/α-hetero) is 1. The fourth-order valence-corrected chi connectivity index (χ4v) is 3.97. The third-order valence-electron chi connectivity index (χ3n) is 2.88. The molecule has 0 aliphatic heterocycles. The van der Waals surface area contributed by atoms with Crippen LogP contribution in [-0.4, -0.2) is 31.7 Å². The summed E-state index contributed by atoms with van der Waals surface area (Å²) in [7, 11) is -9.74. The summed E-state index contributed by atoms with van der Waals surface area (Å²) in [5, 5.41) is 0.125. The standard InChI is InChI=1S/C12H10O7S2/c1-7(13)8-2-4-10-9(6-8)3-5-11(20(14,15)16)12(10)21(17,18)19/h2-6H,1H3,(H,14,15,16)(H,17,18,19). The van der Waals surface area contributed by atoms with Crippen molar-refractivity contribution >= 4 is 36.8 Å². The highest BCUT2D eigenvalue weighted by Gasteiger charge is 2.26. The van der Waals surface area contributed by atoms with Crippen LogP contribution in [0.3, 0.4) is 0 Å². The van der Waals surface area contributed by atoms with Crippen LogP contribution in [0.2, 0.25) is 0 Å². The number of hydrogen-bond acceptors (Lipinski definition) is 5. The summed E-state index contributed by atoms with van der Waals surface area (Å²) in [6.07, 6.45) is 0. The van der Waals surface area contributed by atoms with E-state index in [1.165, 1.54) is 31.2 Å². The van der Waals surface area contributed by atoms with E-state index in [9.17, 15) is 26.2 Å². The van der Waals surface area contributed by atoms with E-state index in [2.05, 4.69) is 0 Å². The van der Waals surface area contributed by atoms with Crippen LogP contribution in [0.25, 0.3) is 10.8 Å². The molecule has 0 bridgehead atoms. The van der Waals surface area contributed by atoms with Crippen molar-refractivity contribution in [3.63, 3.8) is 0 Å². The molecule has 0 saturated carbocycles. The van der Waals surface area contributed by atoms with Crippen molar-refractivity contribution in [2.24, 2.45) is 0 Å². The zero-order valence-electron chi connectivity index (χ0n) is 10.6. The highest BCUT2D eigenvalue weighted by molar-refractivity contribution is 7.89. The van der Waals surface area contributed by atoms with Crippen LogP contribution < -0.4 is 0 Å². The van der Waals surface area contributed by atoms with E-state index in [1.54, 1.807) is 0 Å². The minimum Gasteiger partial charge on any atom is -0.295 e. The van der Waals surface area contributed by atoms with Crippen LogP contribution >= 0.6 is 0 Å². The predicted octanol–water partition coefficient (Wildman–Crippen LogP) is 1.54. The van der Waals surface area contributed by atoms with Crippen molar-refractivity contribution in [1.82, 2.24) is 0 Å². The monoisotopic (exact) mass is 330 g/mol. The molecule has 2 N–H and O–H groups in total. The molecule has 2 rings (SSSR count). The van der Waals surface area contributed by atoms with Crippen LogP contribution in [0.4, 0.5) is 0 Å². The Hall–Kier alpha value is -1.81. The molecule has 0 amide bonds. The van der Waals surface area contributed by atoms with Crippen molar-refractivity contribution in [2.75, 3.05) is 0 Å². The number of ketones is 1. The second-order valence-corrected chi connectivity index (χ2v) is 7.08. The van der Waals surface area contributed by atoms with Crippen molar-refractivity contribution in [1.29, 1.82) is 0 Å². The molecule has 112 valence electrons. The maximum Gasteiger partial charge on any atom is 0.296 e. The maximum absolute atomic E-state index is 11.4. The molecule has 21 heavy (non-hydrogen) atoms. The molecule has 2 aromatic carbocycles. The minimum atomic E-state index is -4.90. The van der Waals surface area contributed by atoms with Crippen LogP contribution in [0.1, 0.15) is 17.3 Å². The number of fused-ring (bicyclic) bond motifs is 1. The molecule has 0 heterocycles. The summed E-state index contributed by atoms with van der Waals surface area (Å²) < 4.78 is 63.7. The van der Waals surface area contributed by atoms with Gasteiger partial charge in [0, 0.05) is 10.9 Å². The number of hydrogen-bond donors (Lipinski definition) is 2. The molecule has 0 spiro atoms. The Labute approximate surface area is 120 Å². The number of benzene rings is 2. The van der Waals surface area contributed by atoms with Gasteiger partial charge in [0.1, 0.15) is 9.79 Å². The van der Waals surface area contributed by atoms with Gasteiger partial charge >= 0.3 is 0 Å². The van der Waals surface area contributed by atoms with E-state index < -0.39 is 30.0 Å². The average Bonchev–Trinajstić information content (AvgIpc) is 2.34. The number of rotatable bonds is 3. The predicted molar refractivity (Wildman–Crippen MR) is 73.6 cm³/mol. The Balaban J connectivity index is 3.00. The van der Waals surface area contributed by atoms with Gasteiger partial charge in [0.05, 0.1) is 0 Å². The average molecular weight is 330 g/mol. The second kappa shape index (κ2) is 4.88. The molecule has 0 radical (unpaired) electrons. The Morgan fingerprint density at radius 1 is 0.952 bits per heavy atom. The third kappa shape index (κ3) is 2.95. The molecular weight excluding hydrogens is 320 g/mol. The van der Waals surface area contributed by atoms with E-state index in [1.807, 2.05) is 0 Å². The molecule has 0 aromatic heterocycles. The van der Waals surface area contributed by atoms with Gasteiger partial charge in [-0.05, 0) is 24.4 Å². The largest absolute Gasteiger partial charge is 0.296 e. The number of carbonyl (C=O) groups is 1. The van der Waals surface area contributed by atoms with Gasteiger partial charge in [0.25, 0.3) is 20.2 Å². The SMILES string of the molecule is CC(=O)c1ccc2c(S(=O)(=O)O)c(S(=O)(=O)O)ccc2c1. The topological polar surface area (TPSA) is 126 Å². The van der Waals surface area contributed by atoms with Crippen molar-refractivity contribution in [3.8, 4) is 0 Å². The van der Waals surface area contributed by atoms with Crippen molar-refractivity contribution < 1.29 is 30.7 Å². The van der Waals surface area contributed by atoms with E-state index in [-0.39, 0.29) is 16.6 Å². The van der Waals surface area contributed by atoms with E-state index in [4.69, 9.17) is 4.55 Å². The quantitative estimate of drug-likeness (QED) is 0.645. The van der Waals surface area contributed by atoms with E-state index in [0.717, 1.165) is 6.07 Å². The lowest BCUT2D eigenvalue weighted by molar-refractivity contribution is 0.101. The molecule has 0 saturated heterocycles. The van der Waals surface area contributed by atoms with E-state index >= 15 is 0 Å². The summed E-state index contributed by atoms with van der Waals surface area (Å²) in [6, 6.07) is 5.95. The van der Waals surface area contributed by atoms with Gasteiger partial charge < -0.3 is 0 Å². The molecule has 0 aliphatic rings. The third-order valence-corrected chi connectivity index (χ3v) is 4.86. The normalized spacial score (nSPS) is 12.5. The van der Waals surface area contributed by atoms with Crippen LogP contribution in [-0.2, 0) is 20.2 Å². The van der Waals surface area contributed by atoms with Crippen molar-refractivity contribution in [3.05, 3.63) is 35.9 Å². The van der Waals surface area contributed by atoms with Crippen LogP contribution in [0, 0.1) is 0 Å². The molecule has 0 aliphatic carbocycles. The highest BCUT2D eigenvalue weighted by Crippen LogP contribution is 2.30. The fraction of sp³-hybridized carbons (Fsp3) is 0.0833. The van der Waals surface area contributed by atoms with Gasteiger partial charge in [-0.3, -0.25) is 13.9 Å². The first-order valence-electron chi connectivity index (χ1n) is 5.54.